The van der Waals surface area contributed by atoms with E-state index in [0.29, 0.717) is 16.0 Å². The number of hydrogen-bond donors (Lipinski definition) is 1. The highest BCUT2D eigenvalue weighted by molar-refractivity contribution is 6.32. The van der Waals surface area contributed by atoms with Crippen LogP contribution in [0, 0.1) is 6.92 Å². The lowest BCUT2D eigenvalue weighted by Gasteiger charge is -2.10. The standard InChI is InChI=1S/C22H20Cl2N4/c1-13(2)19-21(26-12-25-19)20-14(3)22(15-8-10-16(23)11-9-15)28(27-20)18-7-5-4-6-17(18)24/h4-13H,1-3H3,(H,25,26). The molecule has 4 rings (SSSR count). The Morgan fingerprint density at radius 1 is 0.964 bits per heavy atom. The van der Waals surface area contributed by atoms with Crippen molar-refractivity contribution < 1.29 is 0 Å². The minimum Gasteiger partial charge on any atom is -0.348 e. The summed E-state index contributed by atoms with van der Waals surface area (Å²) in [6, 6.07) is 15.5. The highest BCUT2D eigenvalue weighted by Crippen LogP contribution is 2.37. The molecule has 28 heavy (non-hydrogen) atoms. The largest absolute Gasteiger partial charge is 0.348 e. The van der Waals surface area contributed by atoms with Crippen molar-refractivity contribution in [1.29, 1.82) is 0 Å². The molecule has 2 heterocycles. The quantitative estimate of drug-likeness (QED) is 0.408. The maximum atomic E-state index is 6.51. The van der Waals surface area contributed by atoms with Gasteiger partial charge in [0.1, 0.15) is 11.4 Å². The normalized spacial score (nSPS) is 11.4. The number of halogens is 2. The third kappa shape index (κ3) is 3.23. The first-order valence-corrected chi connectivity index (χ1v) is 9.87. The first kappa shape index (κ1) is 18.8. The van der Waals surface area contributed by atoms with Crippen LogP contribution in [0.5, 0.6) is 0 Å². The van der Waals surface area contributed by atoms with Gasteiger partial charge in [0, 0.05) is 21.8 Å². The smallest absolute Gasteiger partial charge is 0.117 e. The molecule has 0 spiro atoms. The Hall–Kier alpha value is -2.56. The van der Waals surface area contributed by atoms with E-state index in [4.69, 9.17) is 28.3 Å². The minimum absolute atomic E-state index is 0.307. The number of nitrogens with one attached hydrogen (secondary N) is 1. The summed E-state index contributed by atoms with van der Waals surface area (Å²) in [5.74, 6) is 0.307. The van der Waals surface area contributed by atoms with Crippen molar-refractivity contribution >= 4 is 23.2 Å². The van der Waals surface area contributed by atoms with E-state index in [2.05, 4.69) is 30.7 Å². The van der Waals surface area contributed by atoms with Crippen molar-refractivity contribution in [2.24, 2.45) is 0 Å². The van der Waals surface area contributed by atoms with Crippen molar-refractivity contribution in [2.75, 3.05) is 0 Å². The summed E-state index contributed by atoms with van der Waals surface area (Å²) < 4.78 is 1.90. The second-order valence-corrected chi connectivity index (χ2v) is 7.86. The van der Waals surface area contributed by atoms with Crippen molar-refractivity contribution in [1.82, 2.24) is 19.7 Å². The molecule has 0 saturated carbocycles. The number of nitrogens with zero attached hydrogens (tertiary/aromatic N) is 3. The van der Waals surface area contributed by atoms with Crippen LogP contribution in [0.15, 0.2) is 54.9 Å². The molecule has 0 aliphatic rings. The lowest BCUT2D eigenvalue weighted by Crippen LogP contribution is -2.00. The Morgan fingerprint density at radius 2 is 1.68 bits per heavy atom. The van der Waals surface area contributed by atoms with E-state index < -0.39 is 0 Å². The van der Waals surface area contributed by atoms with E-state index in [1.54, 1.807) is 6.33 Å². The molecule has 4 aromatic rings. The molecule has 2 aromatic heterocycles. The molecular formula is C22H20Cl2N4. The number of hydrogen-bond acceptors (Lipinski definition) is 2. The molecule has 0 aliphatic heterocycles. The highest BCUT2D eigenvalue weighted by atomic mass is 35.5. The average molecular weight is 411 g/mol. The number of benzene rings is 2. The molecule has 1 N–H and O–H groups in total. The number of para-hydroxylation sites is 1. The molecule has 4 nitrogen and oxygen atoms in total. The summed E-state index contributed by atoms with van der Waals surface area (Å²) in [6.07, 6.45) is 1.72. The fourth-order valence-electron chi connectivity index (χ4n) is 3.40. The second-order valence-electron chi connectivity index (χ2n) is 7.01. The Kier molecular flexibility index (Phi) is 5.00. The van der Waals surface area contributed by atoms with Gasteiger partial charge in [0.2, 0.25) is 0 Å². The van der Waals surface area contributed by atoms with Crippen LogP contribution >= 0.6 is 23.2 Å². The number of H-pyrrole nitrogens is 1. The van der Waals surface area contributed by atoms with E-state index in [9.17, 15) is 0 Å². The van der Waals surface area contributed by atoms with Crippen LogP contribution in [0.4, 0.5) is 0 Å². The van der Waals surface area contributed by atoms with Crippen molar-refractivity contribution in [3.8, 4) is 28.3 Å². The van der Waals surface area contributed by atoms with Crippen molar-refractivity contribution in [3.63, 3.8) is 0 Å². The maximum absolute atomic E-state index is 6.51. The zero-order valence-corrected chi connectivity index (χ0v) is 17.4. The maximum Gasteiger partial charge on any atom is 0.117 e. The van der Waals surface area contributed by atoms with Crippen LogP contribution in [0.1, 0.15) is 31.0 Å². The fourth-order valence-corrected chi connectivity index (χ4v) is 3.74. The van der Waals surface area contributed by atoms with Gasteiger partial charge < -0.3 is 4.98 Å². The van der Waals surface area contributed by atoms with Crippen LogP contribution < -0.4 is 0 Å². The van der Waals surface area contributed by atoms with E-state index in [-0.39, 0.29) is 0 Å². The topological polar surface area (TPSA) is 46.5 Å². The molecule has 0 radical (unpaired) electrons. The summed E-state index contributed by atoms with van der Waals surface area (Å²) in [7, 11) is 0. The number of rotatable bonds is 4. The molecule has 142 valence electrons. The molecular weight excluding hydrogens is 391 g/mol. The zero-order chi connectivity index (χ0) is 19.8. The average Bonchev–Trinajstić information content (AvgIpc) is 3.28. The lowest BCUT2D eigenvalue weighted by atomic mass is 10.0. The summed E-state index contributed by atoms with van der Waals surface area (Å²) in [4.78, 5) is 7.82. The van der Waals surface area contributed by atoms with Gasteiger partial charge in [0.15, 0.2) is 0 Å². The molecule has 2 aromatic carbocycles. The third-order valence-electron chi connectivity index (χ3n) is 4.79. The summed E-state index contributed by atoms with van der Waals surface area (Å²) >= 11 is 12.6. The summed E-state index contributed by atoms with van der Waals surface area (Å²) in [5.41, 5.74) is 6.62. The van der Waals surface area contributed by atoms with E-state index >= 15 is 0 Å². The van der Waals surface area contributed by atoms with Gasteiger partial charge in [-0.3, -0.25) is 0 Å². The second kappa shape index (κ2) is 7.46. The predicted molar refractivity (Wildman–Crippen MR) is 115 cm³/mol. The van der Waals surface area contributed by atoms with Gasteiger partial charge in [-0.25, -0.2) is 9.67 Å². The summed E-state index contributed by atoms with van der Waals surface area (Å²) in [5, 5.41) is 6.27. The Labute approximate surface area is 174 Å². The third-order valence-corrected chi connectivity index (χ3v) is 5.36. The van der Waals surface area contributed by atoms with Crippen LogP contribution in [-0.2, 0) is 0 Å². The molecule has 0 fully saturated rings. The molecule has 0 aliphatic carbocycles. The van der Waals surface area contributed by atoms with E-state index in [1.165, 1.54) is 0 Å². The minimum atomic E-state index is 0.307. The highest BCUT2D eigenvalue weighted by Gasteiger charge is 2.23. The molecule has 0 amide bonds. The molecule has 6 heteroatoms. The van der Waals surface area contributed by atoms with E-state index in [1.807, 2.05) is 53.2 Å². The predicted octanol–water partition coefficient (Wildman–Crippen LogP) is 6.67. The van der Waals surface area contributed by atoms with Gasteiger partial charge in [0.25, 0.3) is 0 Å². The number of aromatic nitrogens is 4. The van der Waals surface area contributed by atoms with Crippen LogP contribution in [0.25, 0.3) is 28.3 Å². The molecule has 0 atom stereocenters. The van der Waals surface area contributed by atoms with Crippen LogP contribution in [0.3, 0.4) is 0 Å². The molecule has 0 saturated heterocycles. The van der Waals surface area contributed by atoms with Gasteiger partial charge in [-0.2, -0.15) is 5.10 Å². The SMILES string of the molecule is Cc1c(-c2nc[nH]c2C(C)C)nn(-c2ccccc2Cl)c1-c1ccc(Cl)cc1. The summed E-state index contributed by atoms with van der Waals surface area (Å²) in [6.45, 7) is 6.34. The van der Waals surface area contributed by atoms with Gasteiger partial charge in [-0.1, -0.05) is 61.3 Å². The Balaban J connectivity index is 2.01. The first-order valence-electron chi connectivity index (χ1n) is 9.11. The van der Waals surface area contributed by atoms with Crippen molar-refractivity contribution in [3.05, 3.63) is 76.2 Å². The lowest BCUT2D eigenvalue weighted by molar-refractivity contribution is 0.830. The fraction of sp³-hybridized carbons (Fsp3) is 0.182. The molecule has 0 unspecified atom stereocenters. The van der Waals surface area contributed by atoms with Gasteiger partial charge in [-0.05, 0) is 37.1 Å². The zero-order valence-electron chi connectivity index (χ0n) is 15.9. The van der Waals surface area contributed by atoms with Gasteiger partial charge in [0.05, 0.1) is 22.7 Å². The van der Waals surface area contributed by atoms with Crippen molar-refractivity contribution in [2.45, 2.75) is 26.7 Å². The van der Waals surface area contributed by atoms with E-state index in [0.717, 1.165) is 39.6 Å². The van der Waals surface area contributed by atoms with Crippen LogP contribution in [0.2, 0.25) is 10.0 Å². The number of aromatic amines is 1. The first-order chi connectivity index (χ1) is 13.5. The molecule has 0 bridgehead atoms. The van der Waals surface area contributed by atoms with Gasteiger partial charge >= 0.3 is 0 Å². The van der Waals surface area contributed by atoms with Crippen LogP contribution in [-0.4, -0.2) is 19.7 Å². The number of imidazole rings is 1. The monoisotopic (exact) mass is 410 g/mol. The Morgan fingerprint density at radius 3 is 2.36 bits per heavy atom. The Bertz CT molecular complexity index is 1120. The van der Waals surface area contributed by atoms with Gasteiger partial charge in [-0.15, -0.1) is 0 Å².